The Morgan fingerprint density at radius 1 is 1.40 bits per heavy atom. The monoisotopic (exact) mass is 363 g/mol. The number of imidazole rings is 1. The number of methoxy groups -OCH3 is 1. The Morgan fingerprint density at radius 3 is 2.84 bits per heavy atom. The molecule has 0 saturated carbocycles. The van der Waals surface area contributed by atoms with Gasteiger partial charge in [-0.3, -0.25) is 9.79 Å². The van der Waals surface area contributed by atoms with Crippen molar-refractivity contribution in [2.45, 2.75) is 19.4 Å². The smallest absolute Gasteiger partial charge is 0.308 e. The number of rotatable bonds is 3. The van der Waals surface area contributed by atoms with Crippen molar-refractivity contribution in [1.29, 1.82) is 0 Å². The molecule has 0 spiro atoms. The second-order valence-corrected chi connectivity index (χ2v) is 6.47. The number of carbonyl (C=O) groups excluding carboxylic acids is 1. The van der Waals surface area contributed by atoms with E-state index in [1.165, 1.54) is 7.11 Å². The predicted octanol–water partition coefficient (Wildman–Crippen LogP) is 1.95. The Hall–Kier alpha value is -2.28. The van der Waals surface area contributed by atoms with E-state index in [4.69, 9.17) is 16.3 Å². The molecule has 1 N–H and O–H groups in total. The zero-order valence-corrected chi connectivity index (χ0v) is 15.2. The van der Waals surface area contributed by atoms with Gasteiger partial charge in [0, 0.05) is 32.5 Å². The van der Waals surface area contributed by atoms with Crippen molar-refractivity contribution in [2.24, 2.45) is 10.9 Å². The van der Waals surface area contributed by atoms with Gasteiger partial charge >= 0.3 is 5.97 Å². The molecule has 2 aromatic rings. The van der Waals surface area contributed by atoms with Gasteiger partial charge in [0.15, 0.2) is 5.96 Å². The van der Waals surface area contributed by atoms with Crippen molar-refractivity contribution < 1.29 is 9.53 Å². The quantitative estimate of drug-likeness (QED) is 0.512. The molecule has 0 aliphatic carbocycles. The number of likely N-dealkylation sites (tertiary alicyclic amines) is 1. The van der Waals surface area contributed by atoms with Crippen molar-refractivity contribution >= 4 is 29.2 Å². The number of guanidine groups is 1. The lowest BCUT2D eigenvalue weighted by Gasteiger charge is -2.33. The van der Waals surface area contributed by atoms with Crippen LogP contribution in [0.2, 0.25) is 5.02 Å². The van der Waals surface area contributed by atoms with Crippen LogP contribution >= 0.6 is 11.6 Å². The molecule has 1 aliphatic rings. The maximum Gasteiger partial charge on any atom is 0.308 e. The molecule has 134 valence electrons. The number of hydrogen-bond acceptors (Lipinski definition) is 4. The Balaban J connectivity index is 1.58. The molecule has 1 aliphatic heterocycles. The number of hydrogen-bond donors (Lipinski definition) is 1. The lowest BCUT2D eigenvalue weighted by molar-refractivity contribution is -0.146. The molecule has 3 heterocycles. The van der Waals surface area contributed by atoms with Crippen molar-refractivity contribution in [3.05, 3.63) is 35.2 Å². The zero-order chi connectivity index (χ0) is 17.8. The van der Waals surface area contributed by atoms with Crippen LogP contribution in [-0.2, 0) is 16.1 Å². The molecule has 0 aromatic carbocycles. The maximum atomic E-state index is 11.6. The van der Waals surface area contributed by atoms with Crippen LogP contribution in [0.3, 0.4) is 0 Å². The summed E-state index contributed by atoms with van der Waals surface area (Å²) < 4.78 is 6.74. The Bertz CT molecular complexity index is 780. The summed E-state index contributed by atoms with van der Waals surface area (Å²) >= 11 is 6.00. The first-order chi connectivity index (χ1) is 12.1. The first-order valence-corrected chi connectivity index (χ1v) is 8.65. The summed E-state index contributed by atoms with van der Waals surface area (Å²) in [5.74, 6) is 0.687. The van der Waals surface area contributed by atoms with E-state index < -0.39 is 0 Å². The van der Waals surface area contributed by atoms with Gasteiger partial charge in [-0.1, -0.05) is 11.6 Å². The highest BCUT2D eigenvalue weighted by Gasteiger charge is 2.26. The molecule has 8 heteroatoms. The molecule has 0 unspecified atom stereocenters. The fourth-order valence-electron chi connectivity index (χ4n) is 3.10. The average molecular weight is 364 g/mol. The SMILES string of the molecule is CN=C(NCc1cn2cc(Cl)ccc2n1)N1CCC(C(=O)OC)CC1. The fourth-order valence-corrected chi connectivity index (χ4v) is 3.27. The second-order valence-electron chi connectivity index (χ2n) is 6.03. The molecule has 2 aromatic heterocycles. The van der Waals surface area contributed by atoms with Crippen LogP contribution in [0.1, 0.15) is 18.5 Å². The number of piperidine rings is 1. The van der Waals surface area contributed by atoms with Crippen LogP contribution in [0.25, 0.3) is 5.65 Å². The molecule has 0 atom stereocenters. The Morgan fingerprint density at radius 2 is 2.16 bits per heavy atom. The zero-order valence-electron chi connectivity index (χ0n) is 14.4. The number of aromatic nitrogens is 2. The van der Waals surface area contributed by atoms with Crippen molar-refractivity contribution in [3.63, 3.8) is 0 Å². The van der Waals surface area contributed by atoms with E-state index in [0.717, 1.165) is 43.2 Å². The maximum absolute atomic E-state index is 11.6. The largest absolute Gasteiger partial charge is 0.469 e. The minimum absolute atomic E-state index is 0.0115. The van der Waals surface area contributed by atoms with Gasteiger partial charge in [0.2, 0.25) is 0 Å². The lowest BCUT2D eigenvalue weighted by Crippen LogP contribution is -2.46. The van der Waals surface area contributed by atoms with Gasteiger partial charge < -0.3 is 19.4 Å². The minimum Gasteiger partial charge on any atom is -0.469 e. The number of pyridine rings is 1. The van der Waals surface area contributed by atoms with Crippen LogP contribution in [0.4, 0.5) is 0 Å². The van der Waals surface area contributed by atoms with Gasteiger partial charge in [0.25, 0.3) is 0 Å². The number of nitrogens with zero attached hydrogens (tertiary/aromatic N) is 4. The first kappa shape index (κ1) is 17.5. The summed E-state index contributed by atoms with van der Waals surface area (Å²) in [5, 5.41) is 4.01. The highest BCUT2D eigenvalue weighted by molar-refractivity contribution is 6.30. The van der Waals surface area contributed by atoms with Crippen LogP contribution in [0.5, 0.6) is 0 Å². The number of aliphatic imine (C=N–C) groups is 1. The van der Waals surface area contributed by atoms with Crippen LogP contribution in [-0.4, -0.2) is 53.5 Å². The molecular formula is C17H22ClN5O2. The molecule has 0 radical (unpaired) electrons. The molecule has 25 heavy (non-hydrogen) atoms. The normalized spacial score (nSPS) is 16.3. The fraction of sp³-hybridized carbons (Fsp3) is 0.471. The third-order valence-corrected chi connectivity index (χ3v) is 4.66. The molecule has 3 rings (SSSR count). The van der Waals surface area contributed by atoms with E-state index in [9.17, 15) is 4.79 Å². The standard InChI is InChI=1S/C17H22ClN5O2/c1-19-17(22-7-5-12(6-8-22)16(24)25-2)20-9-14-11-23-10-13(18)3-4-15(23)21-14/h3-4,10-12H,5-9H2,1-2H3,(H,19,20). The summed E-state index contributed by atoms with van der Waals surface area (Å²) in [6.45, 7) is 2.13. The number of fused-ring (bicyclic) bond motifs is 1. The van der Waals surface area contributed by atoms with E-state index >= 15 is 0 Å². The van der Waals surface area contributed by atoms with Gasteiger partial charge in [-0.25, -0.2) is 4.98 Å². The average Bonchev–Trinajstić information content (AvgIpc) is 3.04. The van der Waals surface area contributed by atoms with Crippen LogP contribution in [0, 0.1) is 5.92 Å². The van der Waals surface area contributed by atoms with E-state index in [1.54, 1.807) is 7.05 Å². The third kappa shape index (κ3) is 4.04. The molecule has 1 fully saturated rings. The van der Waals surface area contributed by atoms with Gasteiger partial charge in [-0.15, -0.1) is 0 Å². The van der Waals surface area contributed by atoms with Crippen LogP contribution < -0.4 is 5.32 Å². The molecule has 0 bridgehead atoms. The summed E-state index contributed by atoms with van der Waals surface area (Å²) in [7, 11) is 3.20. The van der Waals surface area contributed by atoms with Gasteiger partial charge in [0.1, 0.15) is 5.65 Å². The summed E-state index contributed by atoms with van der Waals surface area (Å²) in [6.07, 6.45) is 5.34. The lowest BCUT2D eigenvalue weighted by atomic mass is 9.97. The number of halogens is 1. The molecule has 7 nitrogen and oxygen atoms in total. The van der Waals surface area contributed by atoms with E-state index in [1.807, 2.05) is 28.9 Å². The van der Waals surface area contributed by atoms with Crippen molar-refractivity contribution in [3.8, 4) is 0 Å². The minimum atomic E-state index is -0.119. The number of esters is 1. The predicted molar refractivity (Wildman–Crippen MR) is 96.7 cm³/mol. The van der Waals surface area contributed by atoms with Gasteiger partial charge in [-0.05, 0) is 25.0 Å². The van der Waals surface area contributed by atoms with E-state index in [2.05, 4.69) is 20.2 Å². The first-order valence-electron chi connectivity index (χ1n) is 8.27. The number of carbonyl (C=O) groups is 1. The molecule has 1 saturated heterocycles. The summed E-state index contributed by atoms with van der Waals surface area (Å²) in [5.41, 5.74) is 1.77. The van der Waals surface area contributed by atoms with E-state index in [-0.39, 0.29) is 11.9 Å². The number of ether oxygens (including phenoxy) is 1. The molecular weight excluding hydrogens is 342 g/mol. The van der Waals surface area contributed by atoms with Crippen LogP contribution in [0.15, 0.2) is 29.5 Å². The van der Waals surface area contributed by atoms with Gasteiger partial charge in [-0.2, -0.15) is 0 Å². The number of nitrogens with one attached hydrogen (secondary N) is 1. The second kappa shape index (κ2) is 7.74. The summed E-state index contributed by atoms with van der Waals surface area (Å²) in [4.78, 5) is 22.7. The topological polar surface area (TPSA) is 71.2 Å². The Kier molecular flexibility index (Phi) is 5.43. The third-order valence-electron chi connectivity index (χ3n) is 4.43. The molecule has 0 amide bonds. The Labute approximate surface area is 151 Å². The van der Waals surface area contributed by atoms with E-state index in [0.29, 0.717) is 11.6 Å². The van der Waals surface area contributed by atoms with Crippen molar-refractivity contribution in [1.82, 2.24) is 19.6 Å². The highest BCUT2D eigenvalue weighted by atomic mass is 35.5. The summed E-state index contributed by atoms with van der Waals surface area (Å²) in [6, 6.07) is 3.71. The van der Waals surface area contributed by atoms with Gasteiger partial charge in [0.05, 0.1) is 30.3 Å². The van der Waals surface area contributed by atoms with Crippen molar-refractivity contribution in [2.75, 3.05) is 27.2 Å². The highest BCUT2D eigenvalue weighted by Crippen LogP contribution is 2.18.